The van der Waals surface area contributed by atoms with Gasteiger partial charge in [0, 0.05) is 12.7 Å². The van der Waals surface area contributed by atoms with Crippen molar-refractivity contribution in [3.05, 3.63) is 99.9 Å². The van der Waals surface area contributed by atoms with Crippen molar-refractivity contribution in [1.29, 1.82) is 0 Å². The Morgan fingerprint density at radius 2 is 1.35 bits per heavy atom. The van der Waals surface area contributed by atoms with Crippen LogP contribution in [-0.2, 0) is 38.8 Å². The van der Waals surface area contributed by atoms with Gasteiger partial charge in [-0.25, -0.2) is 24.2 Å². The number of aromatic nitrogens is 1. The molecule has 172 valence electrons. The molecule has 0 amide bonds. The van der Waals surface area contributed by atoms with Gasteiger partial charge in [0.05, 0.1) is 12.2 Å². The lowest BCUT2D eigenvalue weighted by Gasteiger charge is -2.15. The third kappa shape index (κ3) is 4.69. The summed E-state index contributed by atoms with van der Waals surface area (Å²) in [7, 11) is 1.34. The number of ether oxygens (including phenoxy) is 4. The van der Waals surface area contributed by atoms with Crippen molar-refractivity contribution in [2.75, 3.05) is 7.11 Å². The Bertz CT molecular complexity index is 1250. The minimum atomic E-state index is -1.07. The SMILES string of the molecule is COCc1c(C(=O)OCc2ccccc2)nc2c(c1C(=O)OCc1ccccc1)C(=O)OC2=O. The average molecular weight is 461 g/mol. The Kier molecular flexibility index (Phi) is 6.74. The molecule has 0 atom stereocenters. The monoisotopic (exact) mass is 461 g/mol. The second-order valence-corrected chi connectivity index (χ2v) is 7.27. The molecule has 34 heavy (non-hydrogen) atoms. The number of methoxy groups -OCH3 is 1. The summed E-state index contributed by atoms with van der Waals surface area (Å²) in [5.74, 6) is -3.96. The molecule has 9 heteroatoms. The van der Waals surface area contributed by atoms with Gasteiger partial charge in [-0.1, -0.05) is 60.7 Å². The molecule has 0 N–H and O–H groups in total. The van der Waals surface area contributed by atoms with Gasteiger partial charge in [0.15, 0.2) is 11.4 Å². The normalized spacial score (nSPS) is 12.1. The fourth-order valence-electron chi connectivity index (χ4n) is 3.42. The van der Waals surface area contributed by atoms with Crippen molar-refractivity contribution in [3.8, 4) is 0 Å². The van der Waals surface area contributed by atoms with Crippen molar-refractivity contribution in [2.24, 2.45) is 0 Å². The van der Waals surface area contributed by atoms with E-state index < -0.39 is 29.6 Å². The number of esters is 4. The Balaban J connectivity index is 1.72. The third-order valence-electron chi connectivity index (χ3n) is 4.99. The Morgan fingerprint density at radius 3 is 1.91 bits per heavy atom. The number of benzene rings is 2. The second-order valence-electron chi connectivity index (χ2n) is 7.27. The van der Waals surface area contributed by atoms with E-state index in [2.05, 4.69) is 9.72 Å². The maximum atomic E-state index is 13.1. The molecule has 1 aromatic heterocycles. The first-order valence-electron chi connectivity index (χ1n) is 10.2. The van der Waals surface area contributed by atoms with Gasteiger partial charge in [-0.2, -0.15) is 0 Å². The van der Waals surface area contributed by atoms with Gasteiger partial charge in [0.1, 0.15) is 18.8 Å². The number of cyclic esters (lactones) is 2. The molecule has 0 radical (unpaired) electrons. The molecule has 0 spiro atoms. The third-order valence-corrected chi connectivity index (χ3v) is 4.99. The van der Waals surface area contributed by atoms with E-state index in [4.69, 9.17) is 14.2 Å². The molecule has 3 aromatic rings. The molecular weight excluding hydrogens is 442 g/mol. The van der Waals surface area contributed by atoms with Crippen LogP contribution in [0.15, 0.2) is 60.7 Å². The molecule has 0 fully saturated rings. The van der Waals surface area contributed by atoms with Gasteiger partial charge < -0.3 is 18.9 Å². The summed E-state index contributed by atoms with van der Waals surface area (Å²) < 4.78 is 20.5. The Hall–Kier alpha value is -4.37. The predicted octanol–water partition coefficient (Wildman–Crippen LogP) is 3.25. The van der Waals surface area contributed by atoms with Crippen LogP contribution >= 0.6 is 0 Å². The van der Waals surface area contributed by atoms with Crippen LogP contribution in [0.25, 0.3) is 0 Å². The summed E-state index contributed by atoms with van der Waals surface area (Å²) in [5.41, 5.74) is -0.0829. The first-order valence-corrected chi connectivity index (χ1v) is 10.2. The van der Waals surface area contributed by atoms with Gasteiger partial charge in [0.2, 0.25) is 0 Å². The van der Waals surface area contributed by atoms with E-state index in [1.54, 1.807) is 48.5 Å². The molecule has 1 aliphatic heterocycles. The first kappa shape index (κ1) is 22.8. The van der Waals surface area contributed by atoms with Crippen LogP contribution in [0.3, 0.4) is 0 Å². The van der Waals surface area contributed by atoms with Gasteiger partial charge >= 0.3 is 23.9 Å². The largest absolute Gasteiger partial charge is 0.457 e. The average Bonchev–Trinajstić information content (AvgIpc) is 3.14. The van der Waals surface area contributed by atoms with Crippen LogP contribution in [0.2, 0.25) is 0 Å². The number of hydrogen-bond acceptors (Lipinski definition) is 9. The molecular formula is C25H19NO8. The molecule has 0 unspecified atom stereocenters. The van der Waals surface area contributed by atoms with Crippen LogP contribution in [0.1, 0.15) is 58.4 Å². The molecule has 0 saturated carbocycles. The number of pyridine rings is 1. The minimum Gasteiger partial charge on any atom is -0.457 e. The molecule has 0 aliphatic carbocycles. The molecule has 0 saturated heterocycles. The molecule has 0 bridgehead atoms. The number of carbonyl (C=O) groups excluding carboxylic acids is 4. The number of fused-ring (bicyclic) bond motifs is 1. The molecule has 2 aromatic carbocycles. The molecule has 4 rings (SSSR count). The minimum absolute atomic E-state index is 0.0379. The highest BCUT2D eigenvalue weighted by Crippen LogP contribution is 2.29. The van der Waals surface area contributed by atoms with E-state index in [1.165, 1.54) is 7.11 Å². The summed E-state index contributed by atoms with van der Waals surface area (Å²) in [4.78, 5) is 54.6. The second kappa shape index (κ2) is 10.1. The standard InChI is InChI=1S/C25H19NO8/c1-31-14-17-18(22(27)32-12-15-8-4-2-5-9-15)19-21(25(30)34-23(19)28)26-20(17)24(29)33-13-16-10-6-3-7-11-16/h2-11H,12-14H2,1H3. The highest BCUT2D eigenvalue weighted by atomic mass is 16.6. The number of carbonyl (C=O) groups is 4. The van der Waals surface area contributed by atoms with E-state index in [0.717, 1.165) is 5.56 Å². The Morgan fingerprint density at radius 1 is 0.794 bits per heavy atom. The molecule has 9 nitrogen and oxygen atoms in total. The zero-order valence-electron chi connectivity index (χ0n) is 18.1. The summed E-state index contributed by atoms with van der Waals surface area (Å²) in [6.07, 6.45) is 0. The van der Waals surface area contributed by atoms with Gasteiger partial charge in [-0.3, -0.25) is 0 Å². The highest BCUT2D eigenvalue weighted by molar-refractivity contribution is 6.19. The number of hydrogen-bond donors (Lipinski definition) is 0. The number of nitrogens with zero attached hydrogens (tertiary/aromatic N) is 1. The molecule has 2 heterocycles. The Labute approximate surface area is 194 Å². The maximum Gasteiger partial charge on any atom is 0.365 e. The van der Waals surface area contributed by atoms with E-state index in [1.807, 2.05) is 12.1 Å². The van der Waals surface area contributed by atoms with Crippen LogP contribution in [-0.4, -0.2) is 36.0 Å². The van der Waals surface area contributed by atoms with Crippen LogP contribution in [0, 0.1) is 0 Å². The summed E-state index contributed by atoms with van der Waals surface area (Å²) in [6, 6.07) is 17.8. The van der Waals surface area contributed by atoms with E-state index in [9.17, 15) is 19.2 Å². The van der Waals surface area contributed by atoms with E-state index in [-0.39, 0.29) is 42.2 Å². The fourth-order valence-corrected chi connectivity index (χ4v) is 3.42. The summed E-state index contributed by atoms with van der Waals surface area (Å²) >= 11 is 0. The van der Waals surface area contributed by atoms with Crippen molar-refractivity contribution < 1.29 is 38.1 Å². The van der Waals surface area contributed by atoms with Crippen LogP contribution in [0.5, 0.6) is 0 Å². The zero-order chi connectivity index (χ0) is 24.1. The predicted molar refractivity (Wildman–Crippen MR) is 116 cm³/mol. The van der Waals surface area contributed by atoms with Crippen LogP contribution < -0.4 is 0 Å². The van der Waals surface area contributed by atoms with Gasteiger partial charge in [0.25, 0.3) is 0 Å². The molecule has 1 aliphatic rings. The van der Waals surface area contributed by atoms with Gasteiger partial charge in [-0.15, -0.1) is 0 Å². The maximum absolute atomic E-state index is 13.1. The lowest BCUT2D eigenvalue weighted by atomic mass is 9.99. The topological polar surface area (TPSA) is 118 Å². The number of rotatable bonds is 8. The first-order chi connectivity index (χ1) is 16.5. The quantitative estimate of drug-likeness (QED) is 0.283. The summed E-state index contributed by atoms with van der Waals surface area (Å²) in [5, 5.41) is 0. The van der Waals surface area contributed by atoms with Crippen molar-refractivity contribution in [1.82, 2.24) is 4.98 Å². The van der Waals surface area contributed by atoms with Crippen LogP contribution in [0.4, 0.5) is 0 Å². The lowest BCUT2D eigenvalue weighted by Crippen LogP contribution is -2.21. The van der Waals surface area contributed by atoms with E-state index >= 15 is 0 Å². The highest BCUT2D eigenvalue weighted by Gasteiger charge is 2.41. The summed E-state index contributed by atoms with van der Waals surface area (Å²) in [6.45, 7) is -0.435. The zero-order valence-corrected chi connectivity index (χ0v) is 18.1. The smallest absolute Gasteiger partial charge is 0.365 e. The van der Waals surface area contributed by atoms with E-state index in [0.29, 0.717) is 5.56 Å². The lowest BCUT2D eigenvalue weighted by molar-refractivity contribution is 0.0416. The van der Waals surface area contributed by atoms with Crippen molar-refractivity contribution >= 4 is 23.9 Å². The van der Waals surface area contributed by atoms with Crippen molar-refractivity contribution in [3.63, 3.8) is 0 Å². The van der Waals surface area contributed by atoms with Gasteiger partial charge in [-0.05, 0) is 11.1 Å². The van der Waals surface area contributed by atoms with Crippen molar-refractivity contribution in [2.45, 2.75) is 19.8 Å². The fraction of sp³-hybridized carbons (Fsp3) is 0.160.